The van der Waals surface area contributed by atoms with Crippen LogP contribution in [0.4, 0.5) is 5.69 Å². The first-order chi connectivity index (χ1) is 12.0. The van der Waals surface area contributed by atoms with Crippen molar-refractivity contribution in [1.29, 1.82) is 0 Å². The third-order valence-corrected chi connectivity index (χ3v) is 3.68. The number of nitrogens with zero attached hydrogens (tertiary/aromatic N) is 2. The highest BCUT2D eigenvalue weighted by Crippen LogP contribution is 2.14. The van der Waals surface area contributed by atoms with Crippen molar-refractivity contribution in [3.63, 3.8) is 0 Å². The number of nitrogens with one attached hydrogen (secondary N) is 1. The molecule has 3 rings (SSSR count). The lowest BCUT2D eigenvalue weighted by Crippen LogP contribution is -2.30. The lowest BCUT2D eigenvalue weighted by atomic mass is 10.2. The number of rotatable bonds is 4. The molecule has 1 N–H and O–H groups in total. The van der Waals surface area contributed by atoms with Crippen molar-refractivity contribution < 1.29 is 14.3 Å². The number of esters is 1. The maximum atomic E-state index is 12.2. The Labute approximate surface area is 144 Å². The number of aromatic nitrogens is 2. The van der Waals surface area contributed by atoms with Crippen LogP contribution in [0.25, 0.3) is 11.0 Å². The lowest BCUT2D eigenvalue weighted by Gasteiger charge is -2.14. The molecule has 0 bridgehead atoms. The second-order valence-corrected chi connectivity index (χ2v) is 5.66. The largest absolute Gasteiger partial charge is 0.449 e. The minimum atomic E-state index is -0.925. The van der Waals surface area contributed by atoms with Gasteiger partial charge < -0.3 is 10.1 Å². The summed E-state index contributed by atoms with van der Waals surface area (Å²) < 4.78 is 5.24. The highest BCUT2D eigenvalue weighted by Gasteiger charge is 2.19. The molecule has 0 aliphatic carbocycles. The van der Waals surface area contributed by atoms with E-state index in [2.05, 4.69) is 15.3 Å². The van der Waals surface area contributed by atoms with Gasteiger partial charge in [0.2, 0.25) is 0 Å². The topological polar surface area (TPSA) is 81.2 Å². The Bertz CT molecular complexity index is 923. The molecule has 25 heavy (non-hydrogen) atoms. The van der Waals surface area contributed by atoms with E-state index in [1.165, 1.54) is 6.92 Å². The molecule has 1 aromatic heterocycles. The highest BCUT2D eigenvalue weighted by molar-refractivity contribution is 5.98. The highest BCUT2D eigenvalue weighted by atomic mass is 16.5. The molecule has 0 spiro atoms. The number of hydrogen-bond acceptors (Lipinski definition) is 5. The Morgan fingerprint density at radius 1 is 1.00 bits per heavy atom. The van der Waals surface area contributed by atoms with Gasteiger partial charge in [0.05, 0.1) is 16.6 Å². The van der Waals surface area contributed by atoms with Gasteiger partial charge >= 0.3 is 5.97 Å². The number of carbonyl (C=O) groups excluding carboxylic acids is 2. The summed E-state index contributed by atoms with van der Waals surface area (Å²) in [6.45, 7) is 3.49. The van der Waals surface area contributed by atoms with Gasteiger partial charge in [0.1, 0.15) is 0 Å². The van der Waals surface area contributed by atoms with E-state index in [1.54, 1.807) is 42.7 Å². The zero-order valence-electron chi connectivity index (χ0n) is 13.9. The fraction of sp³-hybridized carbons (Fsp3) is 0.158. The quantitative estimate of drug-likeness (QED) is 0.741. The molecule has 0 unspecified atom stereocenters. The van der Waals surface area contributed by atoms with E-state index < -0.39 is 18.0 Å². The molecule has 126 valence electrons. The third kappa shape index (κ3) is 3.98. The normalized spacial score (nSPS) is 11.8. The summed E-state index contributed by atoms with van der Waals surface area (Å²) in [4.78, 5) is 32.7. The zero-order chi connectivity index (χ0) is 17.8. The molecule has 6 nitrogen and oxygen atoms in total. The van der Waals surface area contributed by atoms with Crippen molar-refractivity contribution in [2.24, 2.45) is 0 Å². The van der Waals surface area contributed by atoms with Crippen LogP contribution in [0.2, 0.25) is 0 Å². The Kier molecular flexibility index (Phi) is 4.70. The minimum Gasteiger partial charge on any atom is -0.449 e. The van der Waals surface area contributed by atoms with Crippen LogP contribution < -0.4 is 5.32 Å². The summed E-state index contributed by atoms with van der Waals surface area (Å²) in [5, 5.41) is 2.72. The van der Waals surface area contributed by atoms with Crippen molar-refractivity contribution in [2.75, 3.05) is 5.32 Å². The lowest BCUT2D eigenvalue weighted by molar-refractivity contribution is -0.123. The molecule has 0 aliphatic heterocycles. The second kappa shape index (κ2) is 7.09. The van der Waals surface area contributed by atoms with Gasteiger partial charge in [-0.15, -0.1) is 0 Å². The van der Waals surface area contributed by atoms with Crippen molar-refractivity contribution in [3.05, 3.63) is 66.0 Å². The van der Waals surface area contributed by atoms with Gasteiger partial charge in [-0.2, -0.15) is 0 Å². The van der Waals surface area contributed by atoms with Gasteiger partial charge in [-0.25, -0.2) is 4.79 Å². The van der Waals surface area contributed by atoms with Gasteiger partial charge in [0.15, 0.2) is 6.10 Å². The monoisotopic (exact) mass is 335 g/mol. The van der Waals surface area contributed by atoms with Crippen molar-refractivity contribution >= 4 is 28.6 Å². The molecule has 0 radical (unpaired) electrons. The predicted octanol–water partition coefficient (Wildman–Crippen LogP) is 3.12. The molecule has 0 fully saturated rings. The number of benzene rings is 2. The first kappa shape index (κ1) is 16.6. The number of aryl methyl sites for hydroxylation is 1. The molecular weight excluding hydrogens is 318 g/mol. The number of carbonyl (C=O) groups is 2. The first-order valence-corrected chi connectivity index (χ1v) is 7.82. The van der Waals surface area contributed by atoms with Crippen molar-refractivity contribution in [2.45, 2.75) is 20.0 Å². The van der Waals surface area contributed by atoms with E-state index in [4.69, 9.17) is 4.74 Å². The average Bonchev–Trinajstić information content (AvgIpc) is 2.63. The van der Waals surface area contributed by atoms with Gasteiger partial charge in [-0.05, 0) is 44.2 Å². The average molecular weight is 335 g/mol. The van der Waals surface area contributed by atoms with Gasteiger partial charge in [0, 0.05) is 18.1 Å². The fourth-order valence-electron chi connectivity index (χ4n) is 2.25. The molecule has 2 aromatic carbocycles. The van der Waals surface area contributed by atoms with Crippen LogP contribution in [0.15, 0.2) is 54.9 Å². The Balaban J connectivity index is 1.66. The Morgan fingerprint density at radius 2 is 1.68 bits per heavy atom. The van der Waals surface area contributed by atoms with Gasteiger partial charge in [-0.1, -0.05) is 17.7 Å². The fourth-order valence-corrected chi connectivity index (χ4v) is 2.25. The van der Waals surface area contributed by atoms with E-state index in [-0.39, 0.29) is 0 Å². The van der Waals surface area contributed by atoms with E-state index in [0.29, 0.717) is 22.3 Å². The van der Waals surface area contributed by atoms with Crippen LogP contribution >= 0.6 is 0 Å². The molecular formula is C19H17N3O3. The molecule has 6 heteroatoms. The van der Waals surface area contributed by atoms with Crippen LogP contribution in [0.5, 0.6) is 0 Å². The standard InChI is InChI=1S/C19H17N3O3/c1-12-3-6-15(7-4-12)22-18(23)13(2)25-19(24)14-5-8-16-17(11-14)21-10-9-20-16/h3-11,13H,1-2H3,(H,22,23)/t13-/m1/s1. The molecule has 3 aromatic rings. The number of ether oxygens (including phenoxy) is 1. The van der Waals surface area contributed by atoms with E-state index in [1.807, 2.05) is 19.1 Å². The molecule has 0 saturated heterocycles. The van der Waals surface area contributed by atoms with Crippen LogP contribution in [0.1, 0.15) is 22.8 Å². The zero-order valence-corrected chi connectivity index (χ0v) is 13.9. The Morgan fingerprint density at radius 3 is 2.40 bits per heavy atom. The smallest absolute Gasteiger partial charge is 0.338 e. The maximum absolute atomic E-state index is 12.2. The minimum absolute atomic E-state index is 0.322. The van der Waals surface area contributed by atoms with Gasteiger partial charge in [-0.3, -0.25) is 14.8 Å². The summed E-state index contributed by atoms with van der Waals surface area (Å²) in [7, 11) is 0. The summed E-state index contributed by atoms with van der Waals surface area (Å²) in [6, 6.07) is 12.3. The molecule has 1 atom stereocenters. The van der Waals surface area contributed by atoms with E-state index in [9.17, 15) is 9.59 Å². The number of amides is 1. The van der Waals surface area contributed by atoms with Crippen LogP contribution in [-0.2, 0) is 9.53 Å². The van der Waals surface area contributed by atoms with Crippen LogP contribution in [0.3, 0.4) is 0 Å². The van der Waals surface area contributed by atoms with Gasteiger partial charge in [0.25, 0.3) is 5.91 Å². The molecule has 1 amide bonds. The molecule has 0 aliphatic rings. The number of hydrogen-bond donors (Lipinski definition) is 1. The van der Waals surface area contributed by atoms with Crippen LogP contribution in [0, 0.1) is 6.92 Å². The maximum Gasteiger partial charge on any atom is 0.338 e. The predicted molar refractivity (Wildman–Crippen MR) is 94.2 cm³/mol. The number of fused-ring (bicyclic) bond motifs is 1. The second-order valence-electron chi connectivity index (χ2n) is 5.66. The van der Waals surface area contributed by atoms with Crippen molar-refractivity contribution in [1.82, 2.24) is 9.97 Å². The molecule has 1 heterocycles. The molecule has 0 saturated carbocycles. The summed E-state index contributed by atoms with van der Waals surface area (Å²) >= 11 is 0. The van der Waals surface area contributed by atoms with Crippen LogP contribution in [-0.4, -0.2) is 27.9 Å². The van der Waals surface area contributed by atoms with Crippen molar-refractivity contribution in [3.8, 4) is 0 Å². The summed E-state index contributed by atoms with van der Waals surface area (Å²) in [6.07, 6.45) is 2.21. The SMILES string of the molecule is Cc1ccc(NC(=O)[C@@H](C)OC(=O)c2ccc3nccnc3c2)cc1. The first-order valence-electron chi connectivity index (χ1n) is 7.82. The third-order valence-electron chi connectivity index (χ3n) is 3.68. The summed E-state index contributed by atoms with van der Waals surface area (Å²) in [5.41, 5.74) is 3.34. The summed E-state index contributed by atoms with van der Waals surface area (Å²) in [5.74, 6) is -0.975. The number of anilines is 1. The Hall–Kier alpha value is -3.28. The van der Waals surface area contributed by atoms with E-state index in [0.717, 1.165) is 5.56 Å². The van der Waals surface area contributed by atoms with E-state index >= 15 is 0 Å².